The first-order valence-corrected chi connectivity index (χ1v) is 12.2. The van der Waals surface area contributed by atoms with Crippen LogP contribution < -0.4 is 5.32 Å². The van der Waals surface area contributed by atoms with E-state index in [2.05, 4.69) is 32.4 Å². The molecule has 0 aliphatic carbocycles. The zero-order valence-corrected chi connectivity index (χ0v) is 20.4. The first-order valence-electron chi connectivity index (χ1n) is 12.2. The van der Waals surface area contributed by atoms with Gasteiger partial charge in [-0.1, -0.05) is 42.5 Å². The SMILES string of the molecule is CN1CCC(c2cc(-c3ccnc(NCc4ccccc4)n3)c(-c3cccc(C(F)(F)F)c3)nn2)CC1. The van der Waals surface area contributed by atoms with E-state index in [-0.39, 0.29) is 5.92 Å². The summed E-state index contributed by atoms with van der Waals surface area (Å²) in [5.41, 5.74) is 3.08. The summed E-state index contributed by atoms with van der Waals surface area (Å²) in [5, 5.41) is 12.2. The van der Waals surface area contributed by atoms with Gasteiger partial charge < -0.3 is 10.2 Å². The Morgan fingerprint density at radius 1 is 0.946 bits per heavy atom. The van der Waals surface area contributed by atoms with Gasteiger partial charge in [0.15, 0.2) is 0 Å². The van der Waals surface area contributed by atoms with Gasteiger partial charge in [-0.3, -0.25) is 0 Å². The van der Waals surface area contributed by atoms with Crippen molar-refractivity contribution in [2.45, 2.75) is 31.5 Å². The number of piperidine rings is 1. The minimum Gasteiger partial charge on any atom is -0.350 e. The van der Waals surface area contributed by atoms with Crippen molar-refractivity contribution in [1.82, 2.24) is 25.1 Å². The van der Waals surface area contributed by atoms with Gasteiger partial charge in [-0.25, -0.2) is 9.97 Å². The standard InChI is InChI=1S/C28H27F3N6/c1-37-14-11-20(12-15-37)25-17-23(26(36-35-25)21-8-5-9-22(16-21)28(29,30)31)24-10-13-32-27(34-24)33-18-19-6-3-2-4-7-19/h2-10,13,16-17,20H,11-12,14-15,18H2,1H3,(H,32,33,34). The van der Waals surface area contributed by atoms with E-state index in [0.717, 1.165) is 49.3 Å². The van der Waals surface area contributed by atoms with E-state index in [9.17, 15) is 13.2 Å². The predicted molar refractivity (Wildman–Crippen MR) is 137 cm³/mol. The Bertz CT molecular complexity index is 1350. The second-order valence-electron chi connectivity index (χ2n) is 9.29. The summed E-state index contributed by atoms with van der Waals surface area (Å²) in [7, 11) is 2.09. The number of rotatable bonds is 6. The van der Waals surface area contributed by atoms with Gasteiger partial charge in [0.2, 0.25) is 5.95 Å². The summed E-state index contributed by atoms with van der Waals surface area (Å²) in [4.78, 5) is 11.3. The molecule has 0 radical (unpaired) electrons. The molecule has 37 heavy (non-hydrogen) atoms. The Kier molecular flexibility index (Phi) is 7.14. The van der Waals surface area contributed by atoms with Crippen molar-refractivity contribution in [2.24, 2.45) is 0 Å². The minimum absolute atomic E-state index is 0.232. The summed E-state index contributed by atoms with van der Waals surface area (Å²) < 4.78 is 40.4. The van der Waals surface area contributed by atoms with Crippen LogP contribution in [-0.4, -0.2) is 45.2 Å². The van der Waals surface area contributed by atoms with Crippen molar-refractivity contribution in [2.75, 3.05) is 25.5 Å². The van der Waals surface area contributed by atoms with E-state index in [1.54, 1.807) is 18.3 Å². The highest BCUT2D eigenvalue weighted by Crippen LogP contribution is 2.36. The molecule has 6 nitrogen and oxygen atoms in total. The molecule has 0 saturated carbocycles. The van der Waals surface area contributed by atoms with Gasteiger partial charge in [-0.15, -0.1) is 5.10 Å². The number of hydrogen-bond acceptors (Lipinski definition) is 6. The summed E-state index contributed by atoms with van der Waals surface area (Å²) in [5.74, 6) is 0.657. The third-order valence-corrected chi connectivity index (χ3v) is 6.64. The number of anilines is 1. The van der Waals surface area contributed by atoms with Gasteiger partial charge in [0.25, 0.3) is 0 Å². The molecule has 1 saturated heterocycles. The minimum atomic E-state index is -4.46. The number of benzene rings is 2. The molecular weight excluding hydrogens is 477 g/mol. The maximum atomic E-state index is 13.5. The summed E-state index contributed by atoms with van der Waals surface area (Å²) in [6, 6.07) is 18.7. The molecule has 4 aromatic rings. The maximum absolute atomic E-state index is 13.5. The third kappa shape index (κ3) is 5.94. The molecule has 5 rings (SSSR count). The number of nitrogens with one attached hydrogen (secondary N) is 1. The Balaban J connectivity index is 1.53. The van der Waals surface area contributed by atoms with Crippen LogP contribution >= 0.6 is 0 Å². The first kappa shape index (κ1) is 24.8. The number of hydrogen-bond donors (Lipinski definition) is 1. The van der Waals surface area contributed by atoms with E-state index >= 15 is 0 Å². The van der Waals surface area contributed by atoms with Crippen LogP contribution in [0.1, 0.15) is 35.6 Å². The molecule has 3 heterocycles. The highest BCUT2D eigenvalue weighted by Gasteiger charge is 2.31. The van der Waals surface area contributed by atoms with Crippen LogP contribution in [0.2, 0.25) is 0 Å². The fraction of sp³-hybridized carbons (Fsp3) is 0.286. The van der Waals surface area contributed by atoms with Crippen molar-refractivity contribution >= 4 is 5.95 Å². The van der Waals surface area contributed by atoms with Gasteiger partial charge in [0, 0.05) is 29.8 Å². The van der Waals surface area contributed by atoms with Crippen LogP contribution in [0.4, 0.5) is 19.1 Å². The quantitative estimate of drug-likeness (QED) is 0.345. The third-order valence-electron chi connectivity index (χ3n) is 6.64. The number of alkyl halides is 3. The largest absolute Gasteiger partial charge is 0.416 e. The number of nitrogens with zero attached hydrogens (tertiary/aromatic N) is 5. The van der Waals surface area contributed by atoms with Gasteiger partial charge in [-0.2, -0.15) is 18.3 Å². The molecular formula is C28H27F3N6. The van der Waals surface area contributed by atoms with E-state index in [1.165, 1.54) is 6.07 Å². The van der Waals surface area contributed by atoms with Crippen molar-refractivity contribution < 1.29 is 13.2 Å². The number of aromatic nitrogens is 4. The molecule has 1 aliphatic rings. The second-order valence-corrected chi connectivity index (χ2v) is 9.29. The van der Waals surface area contributed by atoms with E-state index < -0.39 is 11.7 Å². The Hall–Kier alpha value is -3.85. The average molecular weight is 505 g/mol. The lowest BCUT2D eigenvalue weighted by Gasteiger charge is -2.28. The zero-order chi connectivity index (χ0) is 25.8. The molecule has 0 atom stereocenters. The molecule has 1 aliphatic heterocycles. The van der Waals surface area contributed by atoms with Gasteiger partial charge in [-0.05, 0) is 62.8 Å². The van der Waals surface area contributed by atoms with Crippen LogP contribution in [0.5, 0.6) is 0 Å². The Morgan fingerprint density at radius 2 is 1.73 bits per heavy atom. The molecule has 2 aromatic heterocycles. The van der Waals surface area contributed by atoms with Crippen molar-refractivity contribution in [3.63, 3.8) is 0 Å². The predicted octanol–water partition coefficient (Wildman–Crippen LogP) is 6.04. The average Bonchev–Trinajstić information content (AvgIpc) is 2.92. The van der Waals surface area contributed by atoms with E-state index in [4.69, 9.17) is 4.98 Å². The van der Waals surface area contributed by atoms with Crippen LogP contribution in [0, 0.1) is 0 Å². The van der Waals surface area contributed by atoms with E-state index in [1.807, 2.05) is 36.4 Å². The first-order chi connectivity index (χ1) is 17.9. The maximum Gasteiger partial charge on any atom is 0.416 e. The van der Waals surface area contributed by atoms with Crippen molar-refractivity contribution in [3.05, 3.63) is 89.7 Å². The monoisotopic (exact) mass is 504 g/mol. The van der Waals surface area contributed by atoms with E-state index in [0.29, 0.717) is 35.0 Å². The number of likely N-dealkylation sites (tertiary alicyclic amines) is 1. The lowest BCUT2D eigenvalue weighted by molar-refractivity contribution is -0.137. The van der Waals surface area contributed by atoms with Gasteiger partial charge in [0.1, 0.15) is 5.69 Å². The van der Waals surface area contributed by atoms with Gasteiger partial charge >= 0.3 is 6.18 Å². The molecule has 9 heteroatoms. The Morgan fingerprint density at radius 3 is 2.49 bits per heavy atom. The molecule has 2 aromatic carbocycles. The number of halogens is 3. The van der Waals surface area contributed by atoms with Crippen LogP contribution in [0.15, 0.2) is 72.9 Å². The molecule has 0 amide bonds. The molecule has 1 fully saturated rings. The summed E-state index contributed by atoms with van der Waals surface area (Å²) in [6.45, 7) is 2.45. The fourth-order valence-corrected chi connectivity index (χ4v) is 4.53. The zero-order valence-electron chi connectivity index (χ0n) is 20.4. The topological polar surface area (TPSA) is 66.8 Å². The highest BCUT2D eigenvalue weighted by atomic mass is 19.4. The summed E-state index contributed by atoms with van der Waals surface area (Å²) in [6.07, 6.45) is -0.926. The van der Waals surface area contributed by atoms with Crippen LogP contribution in [0.25, 0.3) is 22.5 Å². The Labute approximate surface area is 213 Å². The van der Waals surface area contributed by atoms with Gasteiger partial charge in [0.05, 0.1) is 17.0 Å². The van der Waals surface area contributed by atoms with Crippen molar-refractivity contribution in [1.29, 1.82) is 0 Å². The van der Waals surface area contributed by atoms with Crippen LogP contribution in [-0.2, 0) is 12.7 Å². The lowest BCUT2D eigenvalue weighted by Crippen LogP contribution is -2.29. The smallest absolute Gasteiger partial charge is 0.350 e. The molecule has 0 spiro atoms. The molecule has 0 bridgehead atoms. The lowest BCUT2D eigenvalue weighted by atomic mass is 9.91. The molecule has 0 unspecified atom stereocenters. The fourth-order valence-electron chi connectivity index (χ4n) is 4.53. The van der Waals surface area contributed by atoms with Crippen LogP contribution in [0.3, 0.4) is 0 Å². The summed E-state index contributed by atoms with van der Waals surface area (Å²) >= 11 is 0. The second kappa shape index (κ2) is 10.6. The normalized spacial score (nSPS) is 15.0. The van der Waals surface area contributed by atoms with Crippen molar-refractivity contribution in [3.8, 4) is 22.5 Å². The molecule has 190 valence electrons. The highest BCUT2D eigenvalue weighted by molar-refractivity contribution is 5.79. The molecule has 1 N–H and O–H groups in total.